The van der Waals surface area contributed by atoms with Gasteiger partial charge in [0.25, 0.3) is 18.3 Å². The smallest absolute Gasteiger partial charge is 0.291 e. The number of anilines is 1. The molecule has 2 aromatic carbocycles. The predicted octanol–water partition coefficient (Wildman–Crippen LogP) is 3.43. The highest BCUT2D eigenvalue weighted by atomic mass is 35.5. The van der Waals surface area contributed by atoms with Crippen molar-refractivity contribution in [2.45, 2.75) is 19.8 Å². The number of hydrogen-bond donors (Lipinski definition) is 3. The molecule has 3 N–H and O–H groups in total. The Morgan fingerprint density at radius 1 is 1.11 bits per heavy atom. The summed E-state index contributed by atoms with van der Waals surface area (Å²) in [6, 6.07) is 8.18. The first kappa shape index (κ1) is 33.4. The molecule has 2 aliphatic heterocycles. The third kappa shape index (κ3) is 7.43. The Bertz CT molecular complexity index is 1570. The average molecular weight is 643 g/mol. The summed E-state index contributed by atoms with van der Waals surface area (Å²) >= 11 is 6.22. The molecule has 3 heterocycles. The van der Waals surface area contributed by atoms with Crippen molar-refractivity contribution < 1.29 is 33.4 Å². The summed E-state index contributed by atoms with van der Waals surface area (Å²) in [6.07, 6.45) is 3.17. The first-order valence-electron chi connectivity index (χ1n) is 14.4. The summed E-state index contributed by atoms with van der Waals surface area (Å²) in [4.78, 5) is 55.5. The Morgan fingerprint density at radius 2 is 1.76 bits per heavy atom. The molecule has 2 fully saturated rings. The number of hydrogen-bond acceptors (Lipinski definition) is 7. The lowest BCUT2D eigenvalue weighted by Crippen LogP contribution is -2.52. The fourth-order valence-corrected chi connectivity index (χ4v) is 5.81. The number of carbonyl (C=O) groups excluding carboxylic acids is 3. The van der Waals surface area contributed by atoms with Gasteiger partial charge in [-0.1, -0.05) is 11.6 Å². The standard InChI is InChI=1S/C30H34ClFN6O4.CH2O2/c1-18-16-20(35-28(39)27-34-17-23(36(27)2)22-6-7-24(42-3)26(32)25(22)31)4-5-21(18)30(41)38-14-12-37(13-15-38)29(40)19-8-10-33-11-9-19;2-1-3/h4-7,16-17,19,33H,8-15H2,1-3H3,(H,35,39);1H,(H,2,3). The van der Waals surface area contributed by atoms with E-state index in [9.17, 15) is 18.8 Å². The van der Waals surface area contributed by atoms with Crippen LogP contribution in [-0.4, -0.2) is 95.0 Å². The van der Waals surface area contributed by atoms with Crippen molar-refractivity contribution in [3.63, 3.8) is 0 Å². The molecule has 0 atom stereocenters. The molecule has 2 aliphatic rings. The van der Waals surface area contributed by atoms with Crippen LogP contribution in [0.1, 0.15) is 39.4 Å². The Hall–Kier alpha value is -4.49. The number of piperidine rings is 1. The zero-order valence-corrected chi connectivity index (χ0v) is 26.1. The van der Waals surface area contributed by atoms with Crippen LogP contribution in [0, 0.1) is 18.7 Å². The van der Waals surface area contributed by atoms with Crippen molar-refractivity contribution in [1.82, 2.24) is 24.7 Å². The topological polar surface area (TPSA) is 146 Å². The number of amides is 3. The van der Waals surface area contributed by atoms with Gasteiger partial charge in [0.1, 0.15) is 0 Å². The fourth-order valence-electron chi connectivity index (χ4n) is 5.55. The first-order chi connectivity index (χ1) is 21.6. The molecule has 5 rings (SSSR count). The lowest BCUT2D eigenvalue weighted by molar-refractivity contribution is -0.137. The van der Waals surface area contributed by atoms with E-state index in [1.54, 1.807) is 36.2 Å². The van der Waals surface area contributed by atoms with E-state index >= 15 is 0 Å². The summed E-state index contributed by atoms with van der Waals surface area (Å²) < 4.78 is 21.0. The Balaban J connectivity index is 0.00000148. The summed E-state index contributed by atoms with van der Waals surface area (Å²) in [6.45, 7) is 5.33. The normalized spacial score (nSPS) is 15.1. The summed E-state index contributed by atoms with van der Waals surface area (Å²) in [5, 5.41) is 12.9. The number of halogens is 2. The molecule has 0 aliphatic carbocycles. The van der Waals surface area contributed by atoms with E-state index in [4.69, 9.17) is 26.2 Å². The molecule has 12 nitrogen and oxygen atoms in total. The molecule has 0 radical (unpaired) electrons. The van der Waals surface area contributed by atoms with E-state index in [1.807, 2.05) is 11.8 Å². The lowest BCUT2D eigenvalue weighted by atomic mass is 9.96. The number of nitrogens with zero attached hydrogens (tertiary/aromatic N) is 4. The zero-order chi connectivity index (χ0) is 32.7. The van der Waals surface area contributed by atoms with E-state index < -0.39 is 11.7 Å². The zero-order valence-electron chi connectivity index (χ0n) is 25.3. The van der Waals surface area contributed by atoms with Crippen LogP contribution in [0.25, 0.3) is 11.3 Å². The second kappa shape index (κ2) is 15.0. The van der Waals surface area contributed by atoms with Gasteiger partial charge in [-0.2, -0.15) is 0 Å². The number of rotatable bonds is 6. The van der Waals surface area contributed by atoms with E-state index in [0.29, 0.717) is 54.3 Å². The molecular formula is C31H36ClFN6O6. The maximum atomic E-state index is 14.5. The van der Waals surface area contributed by atoms with Crippen molar-refractivity contribution in [2.75, 3.05) is 51.7 Å². The van der Waals surface area contributed by atoms with Gasteiger partial charge in [0.15, 0.2) is 17.4 Å². The summed E-state index contributed by atoms with van der Waals surface area (Å²) in [5.74, 6) is -0.878. The SMILES string of the molecule is COc1ccc(-c2cnc(C(=O)Nc3ccc(C(=O)N4CCN(C(=O)C5CCNCC5)CC4)c(C)c3)n2C)c(Cl)c1F.O=CO. The van der Waals surface area contributed by atoms with E-state index in [-0.39, 0.29) is 40.8 Å². The van der Waals surface area contributed by atoms with Gasteiger partial charge < -0.3 is 34.8 Å². The highest BCUT2D eigenvalue weighted by Gasteiger charge is 2.30. The van der Waals surface area contributed by atoms with E-state index in [0.717, 1.165) is 25.9 Å². The second-order valence-electron chi connectivity index (χ2n) is 10.7. The van der Waals surface area contributed by atoms with Crippen LogP contribution in [0.2, 0.25) is 5.02 Å². The molecule has 240 valence electrons. The number of carboxylic acid groups (broad SMARTS) is 1. The molecule has 45 heavy (non-hydrogen) atoms. The van der Waals surface area contributed by atoms with Crippen molar-refractivity contribution >= 4 is 41.5 Å². The molecule has 2 saturated heterocycles. The van der Waals surface area contributed by atoms with E-state index in [2.05, 4.69) is 15.6 Å². The van der Waals surface area contributed by atoms with Crippen LogP contribution in [0.4, 0.5) is 10.1 Å². The van der Waals surface area contributed by atoms with Crippen LogP contribution in [0.15, 0.2) is 36.5 Å². The number of carbonyl (C=O) groups is 4. The molecule has 0 bridgehead atoms. The predicted molar refractivity (Wildman–Crippen MR) is 166 cm³/mol. The fraction of sp³-hybridized carbons (Fsp3) is 0.387. The summed E-state index contributed by atoms with van der Waals surface area (Å²) in [7, 11) is 2.99. The van der Waals surface area contributed by atoms with Gasteiger partial charge in [0.2, 0.25) is 5.91 Å². The summed E-state index contributed by atoms with van der Waals surface area (Å²) in [5.41, 5.74) is 2.60. The Morgan fingerprint density at radius 3 is 2.38 bits per heavy atom. The van der Waals surface area contributed by atoms with Crippen LogP contribution in [0.5, 0.6) is 5.75 Å². The van der Waals surface area contributed by atoms with Crippen molar-refractivity contribution in [2.24, 2.45) is 13.0 Å². The number of ether oxygens (including phenoxy) is 1. The minimum atomic E-state index is -0.693. The van der Waals surface area contributed by atoms with Gasteiger partial charge in [-0.25, -0.2) is 9.37 Å². The van der Waals surface area contributed by atoms with Gasteiger partial charge >= 0.3 is 0 Å². The monoisotopic (exact) mass is 642 g/mol. The molecule has 3 aromatic rings. The van der Waals surface area contributed by atoms with Crippen LogP contribution in [0.3, 0.4) is 0 Å². The minimum Gasteiger partial charge on any atom is -0.494 e. The van der Waals surface area contributed by atoms with Crippen molar-refractivity contribution in [3.05, 3.63) is 64.3 Å². The minimum absolute atomic E-state index is 0.0196. The number of nitrogens with one attached hydrogen (secondary N) is 2. The van der Waals surface area contributed by atoms with E-state index in [1.165, 1.54) is 23.9 Å². The molecule has 1 aromatic heterocycles. The Labute approximate surface area is 265 Å². The maximum Gasteiger partial charge on any atom is 0.291 e. The second-order valence-corrected chi connectivity index (χ2v) is 11.1. The number of aromatic nitrogens is 2. The van der Waals surface area contributed by atoms with Crippen molar-refractivity contribution in [3.8, 4) is 17.0 Å². The quantitative estimate of drug-likeness (QED) is 0.347. The van der Waals surface area contributed by atoms with Gasteiger partial charge in [-0.05, 0) is 68.8 Å². The first-order valence-corrected chi connectivity index (χ1v) is 14.8. The maximum absolute atomic E-state index is 14.5. The third-order valence-electron chi connectivity index (χ3n) is 8.02. The van der Waals surface area contributed by atoms with Gasteiger partial charge in [-0.15, -0.1) is 0 Å². The average Bonchev–Trinajstić information content (AvgIpc) is 3.43. The molecule has 0 spiro atoms. The number of piperazine rings is 1. The number of benzene rings is 2. The van der Waals surface area contributed by atoms with Crippen LogP contribution >= 0.6 is 11.6 Å². The molecule has 3 amide bonds. The van der Waals surface area contributed by atoms with Crippen molar-refractivity contribution in [1.29, 1.82) is 0 Å². The number of aryl methyl sites for hydroxylation is 1. The highest BCUT2D eigenvalue weighted by molar-refractivity contribution is 6.33. The Kier molecular flexibility index (Phi) is 11.1. The number of imidazole rings is 1. The van der Waals surface area contributed by atoms with Crippen LogP contribution < -0.4 is 15.4 Å². The van der Waals surface area contributed by atoms with Gasteiger partial charge in [0.05, 0.1) is 24.0 Å². The number of methoxy groups -OCH3 is 1. The molecular weight excluding hydrogens is 607 g/mol. The molecule has 14 heteroatoms. The largest absolute Gasteiger partial charge is 0.494 e. The molecule has 0 unspecified atom stereocenters. The van der Waals surface area contributed by atoms with Crippen LogP contribution in [-0.2, 0) is 16.6 Å². The third-order valence-corrected chi connectivity index (χ3v) is 8.39. The lowest BCUT2D eigenvalue weighted by Gasteiger charge is -2.37. The highest BCUT2D eigenvalue weighted by Crippen LogP contribution is 2.35. The van der Waals surface area contributed by atoms with Gasteiger partial charge in [0, 0.05) is 56.0 Å². The molecule has 0 saturated carbocycles. The van der Waals surface area contributed by atoms with Gasteiger partial charge in [-0.3, -0.25) is 19.2 Å².